The smallest absolute Gasteiger partial charge is 0.223 e. The van der Waals surface area contributed by atoms with Gasteiger partial charge in [-0.05, 0) is 23.6 Å². The summed E-state index contributed by atoms with van der Waals surface area (Å²) < 4.78 is 29.3. The minimum Gasteiger partial charge on any atom is -0.464 e. The number of amides is 1. The lowest BCUT2D eigenvalue weighted by Crippen LogP contribution is -2.67. The summed E-state index contributed by atoms with van der Waals surface area (Å²) in [7, 11) is 0. The third kappa shape index (κ3) is 3.90. The van der Waals surface area contributed by atoms with E-state index in [4.69, 9.17) is 23.4 Å². The Labute approximate surface area is 178 Å². The number of aliphatic hydroxyl groups is 1. The van der Waals surface area contributed by atoms with Gasteiger partial charge in [0.15, 0.2) is 5.76 Å². The van der Waals surface area contributed by atoms with Crippen LogP contribution in [0.2, 0.25) is 0 Å². The molecule has 31 heavy (non-hydrogen) atoms. The van der Waals surface area contributed by atoms with Crippen molar-refractivity contribution in [3.05, 3.63) is 66.6 Å². The van der Waals surface area contributed by atoms with Crippen molar-refractivity contribution in [1.82, 2.24) is 5.32 Å². The number of hydrogen-bond donors (Lipinski definition) is 2. The fourth-order valence-corrected chi connectivity index (χ4v) is 4.07. The summed E-state index contributed by atoms with van der Waals surface area (Å²) in [6.07, 6.45) is -2.56. The van der Waals surface area contributed by atoms with E-state index in [2.05, 4.69) is 5.32 Å². The highest BCUT2D eigenvalue weighted by atomic mass is 16.8. The average molecular weight is 425 g/mol. The highest BCUT2D eigenvalue weighted by Crippen LogP contribution is 2.36. The molecule has 2 saturated heterocycles. The molecule has 0 bridgehead atoms. The van der Waals surface area contributed by atoms with Gasteiger partial charge in [0, 0.05) is 12.3 Å². The Morgan fingerprint density at radius 3 is 2.74 bits per heavy atom. The molecule has 2 aliphatic heterocycles. The molecule has 2 N–H and O–H groups in total. The van der Waals surface area contributed by atoms with E-state index in [0.717, 1.165) is 10.8 Å². The second kappa shape index (κ2) is 8.32. The molecule has 3 aromatic rings. The third-order valence-corrected chi connectivity index (χ3v) is 5.50. The van der Waals surface area contributed by atoms with Gasteiger partial charge in [0.2, 0.25) is 18.5 Å². The maximum Gasteiger partial charge on any atom is 0.223 e. The van der Waals surface area contributed by atoms with Crippen LogP contribution in [0.3, 0.4) is 0 Å². The molecule has 2 aliphatic rings. The fourth-order valence-electron chi connectivity index (χ4n) is 4.07. The first-order chi connectivity index (χ1) is 15.1. The summed E-state index contributed by atoms with van der Waals surface area (Å²) in [5, 5.41) is 15.8. The lowest BCUT2D eigenvalue weighted by Gasteiger charge is -2.47. The quantitative estimate of drug-likeness (QED) is 0.663. The van der Waals surface area contributed by atoms with Gasteiger partial charge in [-0.25, -0.2) is 0 Å². The molecule has 0 spiro atoms. The Kier molecular flexibility index (Phi) is 5.37. The van der Waals surface area contributed by atoms with Gasteiger partial charge in [-0.3, -0.25) is 4.79 Å². The predicted octanol–water partition coefficient (Wildman–Crippen LogP) is 2.52. The number of nitrogens with one attached hydrogen (secondary N) is 1. The summed E-state index contributed by atoms with van der Waals surface area (Å²) in [5.41, 5.74) is 0. The molecule has 162 valence electrons. The van der Waals surface area contributed by atoms with Crippen molar-refractivity contribution in [2.24, 2.45) is 0 Å². The number of fused-ring (bicyclic) bond motifs is 2. The van der Waals surface area contributed by atoms with Gasteiger partial charge in [0.05, 0.1) is 12.9 Å². The minimum absolute atomic E-state index is 0.176. The molecule has 0 radical (unpaired) electrons. The van der Waals surface area contributed by atoms with E-state index < -0.39 is 36.9 Å². The number of rotatable bonds is 4. The van der Waals surface area contributed by atoms with Gasteiger partial charge in [-0.2, -0.15) is 0 Å². The van der Waals surface area contributed by atoms with Crippen molar-refractivity contribution < 1.29 is 33.3 Å². The van der Waals surface area contributed by atoms with Crippen molar-refractivity contribution in [3.8, 4) is 5.75 Å². The maximum atomic E-state index is 11.9. The molecule has 0 saturated carbocycles. The molecule has 0 aliphatic carbocycles. The number of carbonyl (C=O) groups excluding carboxylic acids is 1. The largest absolute Gasteiger partial charge is 0.464 e. The third-order valence-electron chi connectivity index (χ3n) is 5.50. The van der Waals surface area contributed by atoms with Gasteiger partial charge < -0.3 is 33.8 Å². The molecule has 2 fully saturated rings. The Morgan fingerprint density at radius 2 is 1.94 bits per heavy atom. The van der Waals surface area contributed by atoms with Crippen LogP contribution in [0.4, 0.5) is 0 Å². The van der Waals surface area contributed by atoms with Crippen LogP contribution in [0.15, 0.2) is 65.3 Å². The van der Waals surface area contributed by atoms with Crippen molar-refractivity contribution in [1.29, 1.82) is 0 Å². The topological polar surface area (TPSA) is 99.4 Å². The lowest BCUT2D eigenvalue weighted by atomic mass is 9.95. The van der Waals surface area contributed by atoms with Crippen molar-refractivity contribution in [2.45, 2.75) is 43.9 Å². The molecule has 0 unspecified atom stereocenters. The Balaban J connectivity index is 1.41. The van der Waals surface area contributed by atoms with Crippen LogP contribution < -0.4 is 10.1 Å². The highest BCUT2D eigenvalue weighted by Gasteiger charge is 2.51. The van der Waals surface area contributed by atoms with Gasteiger partial charge in [0.25, 0.3) is 0 Å². The molecule has 1 aromatic heterocycles. The number of aliphatic hydroxyl groups excluding tert-OH is 1. The number of ether oxygens (including phenoxy) is 4. The molecule has 2 aromatic carbocycles. The maximum absolute atomic E-state index is 11.9. The van der Waals surface area contributed by atoms with Crippen LogP contribution in [0.25, 0.3) is 10.8 Å². The summed E-state index contributed by atoms with van der Waals surface area (Å²) in [5.74, 6) is 0.776. The van der Waals surface area contributed by atoms with E-state index in [0.29, 0.717) is 11.5 Å². The second-order valence-electron chi connectivity index (χ2n) is 7.64. The zero-order valence-electron chi connectivity index (χ0n) is 16.8. The fraction of sp³-hybridized carbons (Fsp3) is 0.348. The van der Waals surface area contributed by atoms with E-state index in [9.17, 15) is 9.90 Å². The van der Waals surface area contributed by atoms with Crippen LogP contribution in [-0.2, 0) is 19.0 Å². The minimum atomic E-state index is -1.08. The second-order valence-corrected chi connectivity index (χ2v) is 7.64. The van der Waals surface area contributed by atoms with Gasteiger partial charge >= 0.3 is 0 Å². The predicted molar refractivity (Wildman–Crippen MR) is 109 cm³/mol. The highest BCUT2D eigenvalue weighted by molar-refractivity contribution is 5.88. The first-order valence-corrected chi connectivity index (χ1v) is 10.2. The molecular formula is C23H23NO7. The average Bonchev–Trinajstić information content (AvgIpc) is 3.31. The van der Waals surface area contributed by atoms with Gasteiger partial charge in [0.1, 0.15) is 30.1 Å². The molecule has 8 nitrogen and oxygen atoms in total. The van der Waals surface area contributed by atoms with E-state index >= 15 is 0 Å². The van der Waals surface area contributed by atoms with Crippen molar-refractivity contribution in [3.63, 3.8) is 0 Å². The zero-order valence-corrected chi connectivity index (χ0v) is 16.8. The van der Waals surface area contributed by atoms with E-state index in [-0.39, 0.29) is 12.5 Å². The zero-order chi connectivity index (χ0) is 21.4. The summed E-state index contributed by atoms with van der Waals surface area (Å²) in [4.78, 5) is 11.9. The van der Waals surface area contributed by atoms with Crippen molar-refractivity contribution in [2.75, 3.05) is 6.61 Å². The summed E-state index contributed by atoms with van der Waals surface area (Å²) >= 11 is 0. The lowest BCUT2D eigenvalue weighted by molar-refractivity contribution is -0.336. The van der Waals surface area contributed by atoms with E-state index in [1.807, 2.05) is 42.5 Å². The number of benzene rings is 2. The Bertz CT molecular complexity index is 1050. The Morgan fingerprint density at radius 1 is 1.10 bits per heavy atom. The molecule has 8 heteroatoms. The van der Waals surface area contributed by atoms with Gasteiger partial charge in [-0.1, -0.05) is 36.4 Å². The Hall–Kier alpha value is -2.91. The van der Waals surface area contributed by atoms with Gasteiger partial charge in [-0.15, -0.1) is 0 Å². The number of hydrogen-bond acceptors (Lipinski definition) is 7. The summed E-state index contributed by atoms with van der Waals surface area (Å²) in [6, 6.07) is 16.1. The number of furan rings is 1. The van der Waals surface area contributed by atoms with Crippen LogP contribution in [0.1, 0.15) is 19.0 Å². The van der Waals surface area contributed by atoms with E-state index in [1.165, 1.54) is 13.2 Å². The molecule has 5 rings (SSSR count). The summed E-state index contributed by atoms with van der Waals surface area (Å²) in [6.45, 7) is 1.56. The van der Waals surface area contributed by atoms with Crippen LogP contribution >= 0.6 is 0 Å². The molecule has 6 atom stereocenters. The van der Waals surface area contributed by atoms with E-state index in [1.54, 1.807) is 12.1 Å². The van der Waals surface area contributed by atoms with Crippen LogP contribution in [0, 0.1) is 0 Å². The molecule has 1 amide bonds. The molecule has 3 heterocycles. The first kappa shape index (κ1) is 20.0. The SMILES string of the molecule is CC(=O)N[C@@H]1[C@H](Oc2cccc3ccccc23)O[C@@H]2CO[C@H](c3ccco3)O[C@@H]2[C@@H]1O. The molecular weight excluding hydrogens is 402 g/mol. The normalized spacial score (nSPS) is 30.5. The van der Waals surface area contributed by atoms with Crippen molar-refractivity contribution >= 4 is 16.7 Å². The van der Waals surface area contributed by atoms with Crippen LogP contribution in [0.5, 0.6) is 5.75 Å². The monoisotopic (exact) mass is 425 g/mol. The van der Waals surface area contributed by atoms with Crippen LogP contribution in [-0.4, -0.2) is 48.3 Å². The standard InChI is InChI=1S/C23H23NO7/c1-13(25)24-19-20(26)21-18(12-28-22(31-21)17-10-5-11-27-17)30-23(19)29-16-9-4-7-14-6-2-3-8-15(14)16/h2-11,18-23,26H,12H2,1H3,(H,24,25)/t18-,19+,20-,21+,22+,23-/m1/s1. The first-order valence-electron chi connectivity index (χ1n) is 10.2. The number of carbonyl (C=O) groups is 1.